The molecule has 3 nitrogen and oxygen atoms in total. The van der Waals surface area contributed by atoms with Gasteiger partial charge >= 0.3 is 5.97 Å². The summed E-state index contributed by atoms with van der Waals surface area (Å²) in [7, 11) is 0. The molecule has 0 radical (unpaired) electrons. The first-order valence-electron chi connectivity index (χ1n) is 7.66. The van der Waals surface area contributed by atoms with Crippen LogP contribution in [0.15, 0.2) is 18.2 Å². The summed E-state index contributed by atoms with van der Waals surface area (Å²) in [5.74, 6) is -0.513. The average molecular weight is 308 g/mol. The second-order valence-electron chi connectivity index (χ2n) is 7.66. The summed E-state index contributed by atoms with van der Waals surface area (Å²) in [4.78, 5) is 12.1. The van der Waals surface area contributed by atoms with Crippen LogP contribution in [0.5, 0.6) is 0 Å². The van der Waals surface area contributed by atoms with Gasteiger partial charge in [0.15, 0.2) is 0 Å². The molecule has 1 aromatic rings. The molecule has 0 saturated carbocycles. The van der Waals surface area contributed by atoms with E-state index in [1.165, 1.54) is 12.1 Å². The Kier molecular flexibility index (Phi) is 4.62. The van der Waals surface area contributed by atoms with E-state index in [-0.39, 0.29) is 29.5 Å². The maximum atomic E-state index is 13.6. The van der Waals surface area contributed by atoms with Crippen molar-refractivity contribution >= 4 is 5.97 Å². The van der Waals surface area contributed by atoms with E-state index in [1.54, 1.807) is 6.07 Å². The first-order valence-corrected chi connectivity index (χ1v) is 7.66. The maximum Gasteiger partial charge on any atom is 0.310 e. The highest BCUT2D eigenvalue weighted by molar-refractivity contribution is 5.73. The Balaban J connectivity index is 2.27. The smallest absolute Gasteiger partial charge is 0.310 e. The normalized spacial score (nSPS) is 20.9. The van der Waals surface area contributed by atoms with Gasteiger partial charge in [0, 0.05) is 5.92 Å². The number of benzene rings is 1. The average Bonchev–Trinajstić information content (AvgIpc) is 2.66. The first-order chi connectivity index (χ1) is 10.1. The Morgan fingerprint density at radius 3 is 2.64 bits per heavy atom. The van der Waals surface area contributed by atoms with Gasteiger partial charge in [0.1, 0.15) is 11.4 Å². The Bertz CT molecular complexity index is 558. The third-order valence-electron chi connectivity index (χ3n) is 3.94. The molecule has 4 heteroatoms. The molecule has 1 aliphatic rings. The zero-order chi connectivity index (χ0) is 16.5. The molecular formula is C18H25FO3. The molecule has 0 aliphatic carbocycles. The van der Waals surface area contributed by atoms with Crippen LogP contribution in [0, 0.1) is 11.2 Å². The van der Waals surface area contributed by atoms with E-state index < -0.39 is 5.60 Å². The van der Waals surface area contributed by atoms with Gasteiger partial charge in [0.25, 0.3) is 0 Å². The van der Waals surface area contributed by atoms with Gasteiger partial charge < -0.3 is 9.47 Å². The number of halogens is 1. The van der Waals surface area contributed by atoms with E-state index in [0.29, 0.717) is 18.8 Å². The lowest BCUT2D eigenvalue weighted by atomic mass is 9.76. The van der Waals surface area contributed by atoms with Gasteiger partial charge in [-0.3, -0.25) is 4.79 Å². The summed E-state index contributed by atoms with van der Waals surface area (Å²) in [6.45, 7) is 11.0. The van der Waals surface area contributed by atoms with Crippen molar-refractivity contribution < 1.29 is 18.7 Å². The summed E-state index contributed by atoms with van der Waals surface area (Å²) >= 11 is 0. The topological polar surface area (TPSA) is 35.5 Å². The van der Waals surface area contributed by atoms with Crippen LogP contribution >= 0.6 is 0 Å². The van der Waals surface area contributed by atoms with Crippen LogP contribution in [0.1, 0.15) is 51.7 Å². The molecule has 0 aromatic heterocycles. The molecule has 0 N–H and O–H groups in total. The number of hydrogen-bond donors (Lipinski definition) is 0. The van der Waals surface area contributed by atoms with Crippen molar-refractivity contribution in [2.24, 2.45) is 5.41 Å². The van der Waals surface area contributed by atoms with Crippen LogP contribution in [0.2, 0.25) is 0 Å². The SMILES string of the molecule is CC(C)(C)OC(=O)Cc1cc(F)ccc1C1COCC1(C)C. The van der Waals surface area contributed by atoms with Crippen molar-refractivity contribution in [3.63, 3.8) is 0 Å². The monoisotopic (exact) mass is 308 g/mol. The second-order valence-corrected chi connectivity index (χ2v) is 7.66. The fourth-order valence-corrected chi connectivity index (χ4v) is 2.88. The van der Waals surface area contributed by atoms with Crippen LogP contribution < -0.4 is 0 Å². The van der Waals surface area contributed by atoms with Crippen molar-refractivity contribution in [3.8, 4) is 0 Å². The van der Waals surface area contributed by atoms with Crippen LogP contribution in [0.3, 0.4) is 0 Å². The van der Waals surface area contributed by atoms with Crippen LogP contribution in [0.25, 0.3) is 0 Å². The van der Waals surface area contributed by atoms with Gasteiger partial charge in [-0.05, 0) is 49.4 Å². The predicted octanol–water partition coefficient (Wildman–Crippen LogP) is 3.85. The van der Waals surface area contributed by atoms with Crippen LogP contribution in [-0.2, 0) is 20.7 Å². The molecule has 1 saturated heterocycles. The standard InChI is InChI=1S/C18H25FO3/c1-17(2,3)22-16(20)9-12-8-13(19)6-7-14(12)15-10-21-11-18(15,4)5/h6-8,15H,9-11H2,1-5H3. The third-order valence-corrected chi connectivity index (χ3v) is 3.94. The fraction of sp³-hybridized carbons (Fsp3) is 0.611. The van der Waals surface area contributed by atoms with E-state index in [0.717, 1.165) is 5.56 Å². The minimum atomic E-state index is -0.541. The Labute approximate surface area is 131 Å². The zero-order valence-electron chi connectivity index (χ0n) is 14.0. The number of esters is 1. The molecule has 1 aliphatic heterocycles. The van der Waals surface area contributed by atoms with Crippen LogP contribution in [-0.4, -0.2) is 24.8 Å². The van der Waals surface area contributed by atoms with Crippen LogP contribution in [0.4, 0.5) is 4.39 Å². The number of ether oxygens (including phenoxy) is 2. The maximum absolute atomic E-state index is 13.6. The van der Waals surface area contributed by atoms with E-state index in [4.69, 9.17) is 9.47 Å². The molecule has 0 spiro atoms. The summed E-state index contributed by atoms with van der Waals surface area (Å²) in [5, 5.41) is 0. The third kappa shape index (κ3) is 4.07. The molecule has 1 fully saturated rings. The molecule has 1 heterocycles. The molecule has 1 unspecified atom stereocenters. The Hall–Kier alpha value is -1.42. The van der Waals surface area contributed by atoms with E-state index in [9.17, 15) is 9.18 Å². The van der Waals surface area contributed by atoms with Crippen molar-refractivity contribution in [1.82, 2.24) is 0 Å². The zero-order valence-corrected chi connectivity index (χ0v) is 14.0. The lowest BCUT2D eigenvalue weighted by Crippen LogP contribution is -2.26. The van der Waals surface area contributed by atoms with Gasteiger partial charge in [0.2, 0.25) is 0 Å². The number of carbonyl (C=O) groups is 1. The lowest BCUT2D eigenvalue weighted by Gasteiger charge is -2.27. The molecule has 1 aromatic carbocycles. The molecule has 2 rings (SSSR count). The summed E-state index contributed by atoms with van der Waals surface area (Å²) in [6, 6.07) is 4.66. The minimum absolute atomic E-state index is 0.0273. The minimum Gasteiger partial charge on any atom is -0.460 e. The molecule has 122 valence electrons. The number of carbonyl (C=O) groups excluding carboxylic acids is 1. The van der Waals surface area contributed by atoms with Crippen molar-refractivity contribution in [1.29, 1.82) is 0 Å². The van der Waals surface area contributed by atoms with E-state index in [1.807, 2.05) is 20.8 Å². The summed E-state index contributed by atoms with van der Waals surface area (Å²) < 4.78 is 24.6. The van der Waals surface area contributed by atoms with E-state index >= 15 is 0 Å². The van der Waals surface area contributed by atoms with Gasteiger partial charge in [0.05, 0.1) is 19.6 Å². The highest BCUT2D eigenvalue weighted by Gasteiger charge is 2.38. The van der Waals surface area contributed by atoms with E-state index in [2.05, 4.69) is 13.8 Å². The predicted molar refractivity (Wildman–Crippen MR) is 83.3 cm³/mol. The highest BCUT2D eigenvalue weighted by atomic mass is 19.1. The number of rotatable bonds is 3. The Morgan fingerprint density at radius 1 is 1.41 bits per heavy atom. The van der Waals surface area contributed by atoms with Gasteiger partial charge in [-0.1, -0.05) is 19.9 Å². The van der Waals surface area contributed by atoms with Crippen molar-refractivity contribution in [2.45, 2.75) is 52.6 Å². The molecule has 0 bridgehead atoms. The van der Waals surface area contributed by atoms with Gasteiger partial charge in [-0.25, -0.2) is 4.39 Å². The lowest BCUT2D eigenvalue weighted by molar-refractivity contribution is -0.153. The van der Waals surface area contributed by atoms with Crippen molar-refractivity contribution in [3.05, 3.63) is 35.1 Å². The van der Waals surface area contributed by atoms with Gasteiger partial charge in [-0.2, -0.15) is 0 Å². The first kappa shape index (κ1) is 16.9. The Morgan fingerprint density at radius 2 is 2.09 bits per heavy atom. The molecule has 0 amide bonds. The largest absolute Gasteiger partial charge is 0.460 e. The molecule has 22 heavy (non-hydrogen) atoms. The number of hydrogen-bond acceptors (Lipinski definition) is 3. The molecule has 1 atom stereocenters. The highest BCUT2D eigenvalue weighted by Crippen LogP contribution is 2.42. The summed E-state index contributed by atoms with van der Waals surface area (Å²) in [5.41, 5.74) is 1.11. The quantitative estimate of drug-likeness (QED) is 0.796. The molecular weight excluding hydrogens is 283 g/mol. The second kappa shape index (κ2) is 5.99. The fourth-order valence-electron chi connectivity index (χ4n) is 2.88. The van der Waals surface area contributed by atoms with Gasteiger partial charge in [-0.15, -0.1) is 0 Å². The van der Waals surface area contributed by atoms with Crippen molar-refractivity contribution in [2.75, 3.05) is 13.2 Å². The summed E-state index contributed by atoms with van der Waals surface area (Å²) in [6.07, 6.45) is 0.0803.